The molecule has 0 heterocycles. The summed E-state index contributed by atoms with van der Waals surface area (Å²) in [6.45, 7) is 2.95. The van der Waals surface area contributed by atoms with E-state index in [4.69, 9.17) is 16.3 Å². The number of benzene rings is 2. The maximum absolute atomic E-state index is 13.0. The van der Waals surface area contributed by atoms with E-state index >= 15 is 0 Å². The van der Waals surface area contributed by atoms with Crippen LogP contribution in [0.1, 0.15) is 25.0 Å². The van der Waals surface area contributed by atoms with Crippen LogP contribution in [0.15, 0.2) is 47.6 Å². The number of hydrogen-bond donors (Lipinski definition) is 1. The number of sulfonamides is 1. The summed E-state index contributed by atoms with van der Waals surface area (Å²) in [6, 6.07) is 9.01. The number of ether oxygens (including phenoxy) is 1. The molecule has 0 aliphatic rings. The third-order valence-corrected chi connectivity index (χ3v) is 5.33. The van der Waals surface area contributed by atoms with Gasteiger partial charge < -0.3 is 4.74 Å². The first-order chi connectivity index (χ1) is 14.8. The van der Waals surface area contributed by atoms with Crippen LogP contribution in [-0.4, -0.2) is 39.4 Å². The highest BCUT2D eigenvalue weighted by atomic mass is 35.5. The number of anilines is 1. The first-order valence-electron chi connectivity index (χ1n) is 9.20. The highest BCUT2D eigenvalue weighted by molar-refractivity contribution is 7.92. The number of halogens is 4. The molecule has 0 saturated heterocycles. The number of hydrazone groups is 1. The largest absolute Gasteiger partial charge is 0.491 e. The van der Waals surface area contributed by atoms with Crippen molar-refractivity contribution in [2.75, 3.05) is 17.1 Å². The van der Waals surface area contributed by atoms with Crippen molar-refractivity contribution in [3.63, 3.8) is 0 Å². The monoisotopic (exact) mass is 491 g/mol. The Balaban J connectivity index is 2.14. The van der Waals surface area contributed by atoms with Crippen molar-refractivity contribution < 1.29 is 31.1 Å². The SMILES string of the molecule is CC(C)Oc1ccc(/C=N\NC(=O)CN(c2cc(C(F)(F)F)ccc2Cl)S(C)(=O)=O)cc1. The van der Waals surface area contributed by atoms with Gasteiger partial charge in [0, 0.05) is 0 Å². The molecular weight excluding hydrogens is 471 g/mol. The number of rotatable bonds is 8. The average molecular weight is 492 g/mol. The highest BCUT2D eigenvalue weighted by Gasteiger charge is 2.33. The second-order valence-electron chi connectivity index (χ2n) is 6.96. The fourth-order valence-electron chi connectivity index (χ4n) is 2.51. The molecule has 12 heteroatoms. The Labute approximate surface area is 188 Å². The second kappa shape index (κ2) is 10.2. The molecule has 0 aliphatic heterocycles. The minimum absolute atomic E-state index is 0.0110. The third kappa shape index (κ3) is 7.41. The van der Waals surface area contributed by atoms with Crippen LogP contribution in [0.4, 0.5) is 18.9 Å². The van der Waals surface area contributed by atoms with Crippen LogP contribution >= 0.6 is 11.6 Å². The predicted octanol–water partition coefficient (Wildman–Crippen LogP) is 4.06. The summed E-state index contributed by atoms with van der Waals surface area (Å²) in [7, 11) is -4.13. The Hall–Kier alpha value is -2.79. The van der Waals surface area contributed by atoms with E-state index in [9.17, 15) is 26.4 Å². The van der Waals surface area contributed by atoms with Crippen molar-refractivity contribution >= 4 is 39.4 Å². The Morgan fingerprint density at radius 1 is 1.22 bits per heavy atom. The maximum Gasteiger partial charge on any atom is 0.416 e. The molecule has 1 amide bonds. The second-order valence-corrected chi connectivity index (χ2v) is 9.28. The first-order valence-corrected chi connectivity index (χ1v) is 11.4. The van der Waals surface area contributed by atoms with Gasteiger partial charge in [-0.1, -0.05) is 11.6 Å². The molecule has 2 aromatic rings. The number of amides is 1. The van der Waals surface area contributed by atoms with Crippen LogP contribution < -0.4 is 14.5 Å². The fraction of sp³-hybridized carbons (Fsp3) is 0.300. The number of alkyl halides is 3. The van der Waals surface area contributed by atoms with Crippen LogP contribution in [0, 0.1) is 0 Å². The van der Waals surface area contributed by atoms with E-state index in [1.54, 1.807) is 24.3 Å². The summed E-state index contributed by atoms with van der Waals surface area (Å²) >= 11 is 5.91. The maximum atomic E-state index is 13.0. The molecule has 0 spiro atoms. The van der Waals surface area contributed by atoms with E-state index < -0.39 is 39.9 Å². The third-order valence-electron chi connectivity index (χ3n) is 3.88. The first kappa shape index (κ1) is 25.5. The summed E-state index contributed by atoms with van der Waals surface area (Å²) in [4.78, 5) is 12.2. The molecule has 32 heavy (non-hydrogen) atoms. The topological polar surface area (TPSA) is 88.1 Å². The number of hydrogen-bond acceptors (Lipinski definition) is 5. The number of carbonyl (C=O) groups excluding carboxylic acids is 1. The van der Waals surface area contributed by atoms with Crippen molar-refractivity contribution in [2.45, 2.75) is 26.1 Å². The lowest BCUT2D eigenvalue weighted by Gasteiger charge is -2.23. The molecule has 7 nitrogen and oxygen atoms in total. The summed E-state index contributed by atoms with van der Waals surface area (Å²) in [5.74, 6) is -0.220. The van der Waals surface area contributed by atoms with Crippen LogP contribution in [0.25, 0.3) is 0 Å². The number of carbonyl (C=O) groups is 1. The standard InChI is InChI=1S/C20H21ClF3N3O4S/c1-13(2)31-16-7-4-14(5-8-16)11-25-26-19(28)12-27(32(3,29)30)18-10-15(20(22,23)24)6-9-17(18)21/h4-11,13H,12H2,1-3H3,(H,26,28)/b25-11-. The highest BCUT2D eigenvalue weighted by Crippen LogP contribution is 2.36. The predicted molar refractivity (Wildman–Crippen MR) is 117 cm³/mol. The molecule has 0 radical (unpaired) electrons. The van der Waals surface area contributed by atoms with Crippen molar-refractivity contribution in [1.29, 1.82) is 0 Å². The fourth-order valence-corrected chi connectivity index (χ4v) is 3.64. The van der Waals surface area contributed by atoms with E-state index in [1.807, 2.05) is 13.8 Å². The molecular formula is C20H21ClF3N3O4S. The zero-order chi connectivity index (χ0) is 24.1. The van der Waals surface area contributed by atoms with Gasteiger partial charge in [-0.2, -0.15) is 18.3 Å². The van der Waals surface area contributed by atoms with Crippen LogP contribution in [0.3, 0.4) is 0 Å². The molecule has 0 bridgehead atoms. The number of nitrogens with one attached hydrogen (secondary N) is 1. The zero-order valence-corrected chi connectivity index (χ0v) is 18.9. The smallest absolute Gasteiger partial charge is 0.416 e. The van der Waals surface area contributed by atoms with E-state index in [1.165, 1.54) is 6.21 Å². The van der Waals surface area contributed by atoms with Crippen LogP contribution in [0.5, 0.6) is 5.75 Å². The van der Waals surface area contributed by atoms with Crippen LogP contribution in [0.2, 0.25) is 5.02 Å². The Kier molecular flexibility index (Phi) is 8.13. The lowest BCUT2D eigenvalue weighted by molar-refractivity contribution is -0.137. The Morgan fingerprint density at radius 3 is 2.38 bits per heavy atom. The molecule has 0 fully saturated rings. The van der Waals surface area contributed by atoms with Crippen molar-refractivity contribution in [3.8, 4) is 5.75 Å². The molecule has 0 unspecified atom stereocenters. The zero-order valence-electron chi connectivity index (χ0n) is 17.4. The quantitative estimate of drug-likeness (QED) is 0.445. The van der Waals surface area contributed by atoms with Gasteiger partial charge in [-0.15, -0.1) is 0 Å². The molecule has 0 saturated carbocycles. The average Bonchev–Trinajstić information content (AvgIpc) is 2.66. The lowest BCUT2D eigenvalue weighted by Crippen LogP contribution is -2.39. The van der Waals surface area contributed by atoms with Gasteiger partial charge >= 0.3 is 6.18 Å². The summed E-state index contributed by atoms with van der Waals surface area (Å²) in [5.41, 5.74) is 1.20. The van der Waals surface area contributed by atoms with Crippen molar-refractivity contribution in [1.82, 2.24) is 5.43 Å². The molecule has 2 rings (SSSR count). The van der Waals surface area contributed by atoms with Gasteiger partial charge in [-0.05, 0) is 61.9 Å². The molecule has 0 atom stereocenters. The van der Waals surface area contributed by atoms with Gasteiger partial charge in [0.15, 0.2) is 0 Å². The van der Waals surface area contributed by atoms with Gasteiger partial charge in [0.25, 0.3) is 5.91 Å². The van der Waals surface area contributed by atoms with Crippen LogP contribution in [-0.2, 0) is 21.0 Å². The molecule has 0 aromatic heterocycles. The van der Waals surface area contributed by atoms with E-state index in [-0.39, 0.29) is 11.1 Å². The van der Waals surface area contributed by atoms with Gasteiger partial charge in [0.2, 0.25) is 10.0 Å². The minimum atomic E-state index is -4.72. The van der Waals surface area contributed by atoms with Crippen molar-refractivity contribution in [2.24, 2.45) is 5.10 Å². The summed E-state index contributed by atoms with van der Waals surface area (Å²) < 4.78 is 69.3. The van der Waals surface area contributed by atoms with Gasteiger partial charge in [-0.25, -0.2) is 13.8 Å². The van der Waals surface area contributed by atoms with Gasteiger partial charge in [0.1, 0.15) is 12.3 Å². The minimum Gasteiger partial charge on any atom is -0.491 e. The van der Waals surface area contributed by atoms with E-state index in [2.05, 4.69) is 10.5 Å². The molecule has 1 N–H and O–H groups in total. The van der Waals surface area contributed by atoms with Crippen molar-refractivity contribution in [3.05, 3.63) is 58.6 Å². The van der Waals surface area contributed by atoms with Gasteiger partial charge in [-0.3, -0.25) is 9.10 Å². The number of nitrogens with zero attached hydrogens (tertiary/aromatic N) is 2. The summed E-state index contributed by atoms with van der Waals surface area (Å²) in [5, 5.41) is 3.48. The lowest BCUT2D eigenvalue weighted by atomic mass is 10.2. The molecule has 174 valence electrons. The van der Waals surface area contributed by atoms with Gasteiger partial charge in [0.05, 0.1) is 34.8 Å². The van der Waals surface area contributed by atoms with E-state index in [0.717, 1.165) is 12.3 Å². The molecule has 0 aliphatic carbocycles. The molecule has 2 aromatic carbocycles. The Bertz CT molecular complexity index is 1090. The normalized spacial score (nSPS) is 12.2. The Morgan fingerprint density at radius 2 is 1.84 bits per heavy atom. The van der Waals surface area contributed by atoms with E-state index in [0.29, 0.717) is 27.8 Å². The summed E-state index contributed by atoms with van der Waals surface area (Å²) in [6.07, 6.45) is -2.64.